The maximum absolute atomic E-state index is 8.75. The van der Waals surface area contributed by atoms with E-state index >= 15 is 0 Å². The molecule has 0 amide bonds. The molecule has 0 spiro atoms. The topological polar surface area (TPSA) is 61.4 Å². The highest BCUT2D eigenvalue weighted by atomic mass is 16.5. The fourth-order valence-corrected chi connectivity index (χ4v) is 3.70. The lowest BCUT2D eigenvalue weighted by Crippen LogP contribution is -2.28. The van der Waals surface area contributed by atoms with Crippen molar-refractivity contribution in [2.24, 2.45) is 0 Å². The molecule has 0 atom stereocenters. The van der Waals surface area contributed by atoms with Gasteiger partial charge in [0.05, 0.1) is 31.2 Å². The van der Waals surface area contributed by atoms with Crippen LogP contribution in [0.5, 0.6) is 17.2 Å². The van der Waals surface area contributed by atoms with Gasteiger partial charge in [-0.3, -0.25) is 5.41 Å². The van der Waals surface area contributed by atoms with Crippen LogP contribution in [0, 0.1) is 12.3 Å². The summed E-state index contributed by atoms with van der Waals surface area (Å²) >= 11 is 0. The molecule has 0 bridgehead atoms. The minimum atomic E-state index is 0.429. The second-order valence-corrected chi connectivity index (χ2v) is 7.23. The van der Waals surface area contributed by atoms with E-state index in [1.807, 2.05) is 88.9 Å². The molecule has 0 fully saturated rings. The van der Waals surface area contributed by atoms with Crippen molar-refractivity contribution in [3.05, 3.63) is 84.0 Å². The van der Waals surface area contributed by atoms with Crippen LogP contribution in [0.25, 0.3) is 11.0 Å². The van der Waals surface area contributed by atoms with E-state index in [0.29, 0.717) is 43.4 Å². The van der Waals surface area contributed by atoms with Crippen molar-refractivity contribution in [1.29, 1.82) is 5.41 Å². The first-order valence-electron chi connectivity index (χ1n) is 10.4. The van der Waals surface area contributed by atoms with E-state index in [9.17, 15) is 0 Å². The summed E-state index contributed by atoms with van der Waals surface area (Å²) in [5.74, 6) is 2.28. The molecule has 3 aromatic carbocycles. The first-order valence-corrected chi connectivity index (χ1v) is 10.4. The molecule has 0 aliphatic rings. The quantitative estimate of drug-likeness (QED) is 0.439. The molecular formula is C25H27N3O3. The third-order valence-corrected chi connectivity index (χ3v) is 5.28. The van der Waals surface area contributed by atoms with Gasteiger partial charge in [-0.1, -0.05) is 42.5 Å². The van der Waals surface area contributed by atoms with Gasteiger partial charge in [-0.25, -0.2) is 0 Å². The Labute approximate surface area is 181 Å². The van der Waals surface area contributed by atoms with Crippen molar-refractivity contribution in [2.45, 2.75) is 20.0 Å². The van der Waals surface area contributed by atoms with Gasteiger partial charge in [-0.2, -0.15) is 0 Å². The number of benzene rings is 3. The number of nitrogens with zero attached hydrogens (tertiary/aromatic N) is 2. The minimum absolute atomic E-state index is 0.429. The fourth-order valence-electron chi connectivity index (χ4n) is 3.70. The zero-order valence-electron chi connectivity index (χ0n) is 17.9. The van der Waals surface area contributed by atoms with Crippen LogP contribution >= 0.6 is 0 Å². The number of methoxy groups -OCH3 is 1. The Bertz CT molecular complexity index is 1230. The summed E-state index contributed by atoms with van der Waals surface area (Å²) in [5.41, 5.74) is 3.55. The molecule has 0 aliphatic heterocycles. The van der Waals surface area contributed by atoms with Crippen molar-refractivity contribution in [1.82, 2.24) is 9.13 Å². The number of hydrogen-bond donors (Lipinski definition) is 1. The summed E-state index contributed by atoms with van der Waals surface area (Å²) in [6.45, 7) is 4.11. The highest BCUT2D eigenvalue weighted by Gasteiger charge is 2.11. The number of ether oxygens (including phenoxy) is 3. The van der Waals surface area contributed by atoms with Gasteiger partial charge in [0.2, 0.25) is 5.62 Å². The predicted molar refractivity (Wildman–Crippen MR) is 121 cm³/mol. The van der Waals surface area contributed by atoms with Crippen LogP contribution < -0.4 is 19.8 Å². The van der Waals surface area contributed by atoms with Crippen molar-refractivity contribution in [3.63, 3.8) is 0 Å². The predicted octanol–water partition coefficient (Wildman–Crippen LogP) is 4.40. The van der Waals surface area contributed by atoms with E-state index in [1.54, 1.807) is 7.11 Å². The Morgan fingerprint density at radius 2 is 1.16 bits per heavy atom. The van der Waals surface area contributed by atoms with Gasteiger partial charge in [0.1, 0.15) is 19.0 Å². The normalized spacial score (nSPS) is 10.9. The van der Waals surface area contributed by atoms with Gasteiger partial charge >= 0.3 is 0 Å². The van der Waals surface area contributed by atoms with Crippen molar-refractivity contribution in [3.8, 4) is 17.2 Å². The summed E-state index contributed by atoms with van der Waals surface area (Å²) in [6, 6.07) is 23.6. The third kappa shape index (κ3) is 4.43. The summed E-state index contributed by atoms with van der Waals surface area (Å²) in [5, 5.41) is 8.75. The summed E-state index contributed by atoms with van der Waals surface area (Å²) in [4.78, 5) is 0. The van der Waals surface area contributed by atoms with Crippen molar-refractivity contribution in [2.75, 3.05) is 20.3 Å². The smallest absolute Gasteiger partial charge is 0.203 e. The zero-order chi connectivity index (χ0) is 21.6. The minimum Gasteiger partial charge on any atom is -0.493 e. The monoisotopic (exact) mass is 417 g/mol. The third-order valence-electron chi connectivity index (χ3n) is 5.28. The Morgan fingerprint density at radius 3 is 1.74 bits per heavy atom. The molecule has 0 unspecified atom stereocenters. The highest BCUT2D eigenvalue weighted by molar-refractivity contribution is 5.75. The molecule has 0 saturated carbocycles. The number of imidazole rings is 1. The van der Waals surface area contributed by atoms with E-state index in [1.165, 1.54) is 0 Å². The Morgan fingerprint density at radius 1 is 0.677 bits per heavy atom. The Balaban J connectivity index is 1.50. The number of nitrogens with one attached hydrogen (secondary N) is 1. The van der Waals surface area contributed by atoms with E-state index in [4.69, 9.17) is 19.6 Å². The Kier molecular flexibility index (Phi) is 6.26. The summed E-state index contributed by atoms with van der Waals surface area (Å²) in [7, 11) is 1.63. The molecule has 1 heterocycles. The molecule has 31 heavy (non-hydrogen) atoms. The highest BCUT2D eigenvalue weighted by Crippen LogP contribution is 2.25. The van der Waals surface area contributed by atoms with Crippen molar-refractivity contribution >= 4 is 11.0 Å². The van der Waals surface area contributed by atoms with Crippen LogP contribution in [-0.4, -0.2) is 29.5 Å². The van der Waals surface area contributed by atoms with Crippen LogP contribution in [0.1, 0.15) is 5.56 Å². The van der Waals surface area contributed by atoms with Crippen LogP contribution in [0.3, 0.4) is 0 Å². The number of para-hydroxylation sites is 5. The molecule has 1 N–H and O–H groups in total. The van der Waals surface area contributed by atoms with Crippen LogP contribution in [-0.2, 0) is 13.1 Å². The first-order chi connectivity index (χ1) is 15.2. The van der Waals surface area contributed by atoms with Gasteiger partial charge in [0.15, 0.2) is 11.5 Å². The van der Waals surface area contributed by atoms with Gasteiger partial charge in [-0.05, 0) is 42.8 Å². The van der Waals surface area contributed by atoms with Crippen LogP contribution in [0.15, 0.2) is 72.8 Å². The van der Waals surface area contributed by atoms with Crippen molar-refractivity contribution < 1.29 is 14.2 Å². The number of aryl methyl sites for hydroxylation is 1. The van der Waals surface area contributed by atoms with E-state index < -0.39 is 0 Å². The lowest BCUT2D eigenvalue weighted by atomic mass is 10.2. The zero-order valence-corrected chi connectivity index (χ0v) is 17.9. The van der Waals surface area contributed by atoms with Gasteiger partial charge in [0, 0.05) is 0 Å². The molecule has 4 aromatic rings. The molecule has 160 valence electrons. The lowest BCUT2D eigenvalue weighted by Gasteiger charge is -2.11. The summed E-state index contributed by atoms with van der Waals surface area (Å²) < 4.78 is 21.2. The van der Waals surface area contributed by atoms with E-state index in [2.05, 4.69) is 0 Å². The molecule has 0 saturated heterocycles. The standard InChI is InChI=1S/C25H27N3O3/c1-19-9-3-6-12-22(19)30-17-15-27-20-10-4-5-11-21(20)28(25(27)26)16-18-31-24-14-8-7-13-23(24)29-2/h3-14,26H,15-18H2,1-2H3. The van der Waals surface area contributed by atoms with Gasteiger partial charge in [-0.15, -0.1) is 0 Å². The average Bonchev–Trinajstić information content (AvgIpc) is 3.06. The molecule has 6 heteroatoms. The number of hydrogen-bond acceptors (Lipinski definition) is 4. The maximum atomic E-state index is 8.75. The Hall–Kier alpha value is -3.67. The average molecular weight is 418 g/mol. The SMILES string of the molecule is COc1ccccc1OCCn1c(=N)n(CCOc2ccccc2C)c2ccccc21. The molecule has 6 nitrogen and oxygen atoms in total. The first kappa shape index (κ1) is 20.6. The molecular weight excluding hydrogens is 390 g/mol. The molecule has 4 rings (SSSR count). The number of rotatable bonds is 9. The number of fused-ring (bicyclic) bond motifs is 1. The van der Waals surface area contributed by atoms with Crippen LogP contribution in [0.2, 0.25) is 0 Å². The number of aromatic nitrogens is 2. The van der Waals surface area contributed by atoms with Gasteiger partial charge < -0.3 is 23.3 Å². The largest absolute Gasteiger partial charge is 0.493 e. The van der Waals surface area contributed by atoms with E-state index in [-0.39, 0.29) is 0 Å². The van der Waals surface area contributed by atoms with E-state index in [0.717, 1.165) is 22.3 Å². The molecule has 0 radical (unpaired) electrons. The summed E-state index contributed by atoms with van der Waals surface area (Å²) in [6.07, 6.45) is 0. The second kappa shape index (κ2) is 9.43. The molecule has 0 aliphatic carbocycles. The molecule has 1 aromatic heterocycles. The lowest BCUT2D eigenvalue weighted by molar-refractivity contribution is 0.275. The van der Waals surface area contributed by atoms with Gasteiger partial charge in [0.25, 0.3) is 0 Å². The van der Waals surface area contributed by atoms with Crippen LogP contribution in [0.4, 0.5) is 0 Å². The maximum Gasteiger partial charge on any atom is 0.203 e. The second-order valence-electron chi connectivity index (χ2n) is 7.23. The fraction of sp³-hybridized carbons (Fsp3) is 0.240.